The van der Waals surface area contributed by atoms with E-state index >= 15 is 0 Å². The van der Waals surface area contributed by atoms with E-state index in [2.05, 4.69) is 5.32 Å². The zero-order valence-corrected chi connectivity index (χ0v) is 9.39. The lowest BCUT2D eigenvalue weighted by molar-refractivity contribution is -0.122. The van der Waals surface area contributed by atoms with Gasteiger partial charge in [-0.3, -0.25) is 4.79 Å². The molecule has 0 unspecified atom stereocenters. The maximum absolute atomic E-state index is 10.5. The highest BCUT2D eigenvalue weighted by Gasteiger charge is 2.17. The minimum Gasteiger partial charge on any atom is -0.369 e. The molecular formula is C10H24N2O. The number of hydrogen-bond acceptors (Lipinski definition) is 2. The van der Waals surface area contributed by atoms with Gasteiger partial charge >= 0.3 is 0 Å². The van der Waals surface area contributed by atoms with E-state index in [1.807, 2.05) is 27.7 Å². The van der Waals surface area contributed by atoms with Gasteiger partial charge in [0.2, 0.25) is 5.91 Å². The van der Waals surface area contributed by atoms with Crippen molar-refractivity contribution < 1.29 is 4.79 Å². The number of nitrogens with two attached hydrogens (primary N) is 1. The minimum absolute atomic E-state index is 0.131. The lowest BCUT2D eigenvalue weighted by Gasteiger charge is -2.18. The van der Waals surface area contributed by atoms with Gasteiger partial charge in [0.1, 0.15) is 0 Å². The van der Waals surface area contributed by atoms with Gasteiger partial charge in [0.05, 0.1) is 0 Å². The summed E-state index contributed by atoms with van der Waals surface area (Å²) in [5.41, 5.74) is 5.10. The van der Waals surface area contributed by atoms with Crippen LogP contribution in [0.2, 0.25) is 0 Å². The van der Waals surface area contributed by atoms with Gasteiger partial charge in [-0.2, -0.15) is 0 Å². The first-order valence-corrected chi connectivity index (χ1v) is 5.31. The van der Waals surface area contributed by atoms with E-state index in [1.165, 1.54) is 0 Å². The first kappa shape index (κ1) is 14.9. The van der Waals surface area contributed by atoms with Gasteiger partial charge in [-0.1, -0.05) is 27.7 Å². The van der Waals surface area contributed by atoms with Crippen molar-refractivity contribution in [3.05, 3.63) is 0 Å². The predicted octanol–water partition coefficient (Wildman–Crippen LogP) is 1.52. The van der Waals surface area contributed by atoms with Crippen molar-refractivity contribution in [3.63, 3.8) is 0 Å². The number of amides is 1. The molecule has 1 rings (SSSR count). The topological polar surface area (TPSA) is 55.1 Å². The van der Waals surface area contributed by atoms with Gasteiger partial charge in [0.25, 0.3) is 0 Å². The molecule has 3 heteroatoms. The Morgan fingerprint density at radius 2 is 1.54 bits per heavy atom. The van der Waals surface area contributed by atoms with Crippen LogP contribution in [0.3, 0.4) is 0 Å². The van der Waals surface area contributed by atoms with Crippen LogP contribution in [0.15, 0.2) is 0 Å². The molecule has 0 aromatic heterocycles. The van der Waals surface area contributed by atoms with Gasteiger partial charge in [-0.15, -0.1) is 0 Å². The van der Waals surface area contributed by atoms with E-state index < -0.39 is 0 Å². The fourth-order valence-electron chi connectivity index (χ4n) is 1.11. The molecule has 80 valence electrons. The molecule has 1 saturated heterocycles. The van der Waals surface area contributed by atoms with Gasteiger partial charge in [0.15, 0.2) is 0 Å². The van der Waals surface area contributed by atoms with Crippen LogP contribution < -0.4 is 11.1 Å². The molecule has 1 aliphatic rings. The van der Waals surface area contributed by atoms with Crippen molar-refractivity contribution in [2.24, 2.45) is 11.7 Å². The van der Waals surface area contributed by atoms with Crippen LogP contribution in [-0.2, 0) is 4.79 Å². The molecule has 1 heterocycles. The number of piperidine rings is 1. The fraction of sp³-hybridized carbons (Fsp3) is 0.900. The molecular weight excluding hydrogens is 164 g/mol. The average Bonchev–Trinajstić information content (AvgIpc) is 2.25. The molecule has 0 bridgehead atoms. The number of carbonyl (C=O) groups is 1. The van der Waals surface area contributed by atoms with E-state index in [1.54, 1.807) is 0 Å². The number of primary amides is 1. The highest BCUT2D eigenvalue weighted by molar-refractivity contribution is 5.76. The molecule has 1 amide bonds. The van der Waals surface area contributed by atoms with E-state index in [0.717, 1.165) is 25.9 Å². The largest absolute Gasteiger partial charge is 0.369 e. The van der Waals surface area contributed by atoms with Crippen LogP contribution in [0, 0.1) is 5.92 Å². The molecule has 0 saturated carbocycles. The summed E-state index contributed by atoms with van der Waals surface area (Å²) in [6.45, 7) is 9.88. The first-order chi connectivity index (χ1) is 6.30. The minimum atomic E-state index is -0.142. The van der Waals surface area contributed by atoms with Gasteiger partial charge in [0, 0.05) is 5.92 Å². The summed E-state index contributed by atoms with van der Waals surface area (Å²) >= 11 is 0. The highest BCUT2D eigenvalue weighted by Crippen LogP contribution is 2.09. The van der Waals surface area contributed by atoms with E-state index in [4.69, 9.17) is 5.73 Å². The molecule has 0 aromatic carbocycles. The monoisotopic (exact) mass is 188 g/mol. The van der Waals surface area contributed by atoms with Crippen LogP contribution in [0.4, 0.5) is 0 Å². The summed E-state index contributed by atoms with van der Waals surface area (Å²) < 4.78 is 0. The van der Waals surface area contributed by atoms with Crippen molar-refractivity contribution in [1.29, 1.82) is 0 Å². The lowest BCUT2D eigenvalue weighted by Crippen LogP contribution is -2.34. The Morgan fingerprint density at radius 1 is 1.15 bits per heavy atom. The van der Waals surface area contributed by atoms with Crippen molar-refractivity contribution in [1.82, 2.24) is 5.32 Å². The van der Waals surface area contributed by atoms with Crippen molar-refractivity contribution in [2.75, 3.05) is 13.1 Å². The first-order valence-electron chi connectivity index (χ1n) is 5.31. The van der Waals surface area contributed by atoms with E-state index in [9.17, 15) is 4.79 Å². The standard InChI is InChI=1S/C6H12N2O.2C2H6/c7-6(9)5-1-3-8-4-2-5;2*1-2/h5,8H,1-4H2,(H2,7,9);2*1-2H3. The summed E-state index contributed by atoms with van der Waals surface area (Å²) in [7, 11) is 0. The zero-order chi connectivity index (χ0) is 10.7. The maximum Gasteiger partial charge on any atom is 0.220 e. The maximum atomic E-state index is 10.5. The average molecular weight is 188 g/mol. The lowest BCUT2D eigenvalue weighted by atomic mass is 9.98. The van der Waals surface area contributed by atoms with Crippen molar-refractivity contribution in [3.8, 4) is 0 Å². The Morgan fingerprint density at radius 3 is 1.77 bits per heavy atom. The summed E-state index contributed by atoms with van der Waals surface area (Å²) in [6.07, 6.45) is 1.82. The molecule has 0 atom stereocenters. The Balaban J connectivity index is 0. The molecule has 1 aliphatic heterocycles. The van der Waals surface area contributed by atoms with Crippen molar-refractivity contribution >= 4 is 5.91 Å². The van der Waals surface area contributed by atoms with Gasteiger partial charge < -0.3 is 11.1 Å². The number of hydrogen-bond donors (Lipinski definition) is 2. The summed E-state index contributed by atoms with van der Waals surface area (Å²) in [4.78, 5) is 10.5. The summed E-state index contributed by atoms with van der Waals surface area (Å²) in [6, 6.07) is 0. The molecule has 0 radical (unpaired) electrons. The molecule has 0 aliphatic carbocycles. The smallest absolute Gasteiger partial charge is 0.220 e. The Labute approximate surface area is 82.1 Å². The summed E-state index contributed by atoms with van der Waals surface area (Å²) in [5.74, 6) is -0.0113. The normalized spacial score (nSPS) is 16.0. The van der Waals surface area contributed by atoms with Crippen LogP contribution in [0.25, 0.3) is 0 Å². The molecule has 0 aromatic rings. The van der Waals surface area contributed by atoms with Gasteiger partial charge in [-0.05, 0) is 25.9 Å². The second kappa shape index (κ2) is 11.4. The van der Waals surface area contributed by atoms with Crippen molar-refractivity contribution in [2.45, 2.75) is 40.5 Å². The number of rotatable bonds is 1. The van der Waals surface area contributed by atoms with Crippen LogP contribution in [0.5, 0.6) is 0 Å². The Bertz CT molecular complexity index is 109. The zero-order valence-electron chi connectivity index (χ0n) is 9.39. The second-order valence-electron chi connectivity index (χ2n) is 2.43. The highest BCUT2D eigenvalue weighted by atomic mass is 16.1. The number of carbonyl (C=O) groups excluding carboxylic acids is 1. The molecule has 0 spiro atoms. The quantitative estimate of drug-likeness (QED) is 0.655. The predicted molar refractivity (Wildman–Crippen MR) is 57.5 cm³/mol. The second-order valence-corrected chi connectivity index (χ2v) is 2.43. The third-order valence-corrected chi connectivity index (χ3v) is 1.74. The molecule has 3 nitrogen and oxygen atoms in total. The van der Waals surface area contributed by atoms with Gasteiger partial charge in [-0.25, -0.2) is 0 Å². The van der Waals surface area contributed by atoms with Crippen LogP contribution in [-0.4, -0.2) is 19.0 Å². The molecule has 3 N–H and O–H groups in total. The third kappa shape index (κ3) is 7.78. The molecule has 1 fully saturated rings. The number of nitrogens with one attached hydrogen (secondary N) is 1. The van der Waals surface area contributed by atoms with Crippen LogP contribution in [0.1, 0.15) is 40.5 Å². The Hall–Kier alpha value is -0.570. The SMILES string of the molecule is CC.CC.NC(=O)C1CCNCC1. The fourth-order valence-corrected chi connectivity index (χ4v) is 1.11. The third-order valence-electron chi connectivity index (χ3n) is 1.74. The molecule has 13 heavy (non-hydrogen) atoms. The van der Waals surface area contributed by atoms with E-state index in [0.29, 0.717) is 0 Å². The Kier molecular flexibility index (Phi) is 13.1. The summed E-state index contributed by atoms with van der Waals surface area (Å²) in [5, 5.41) is 3.16. The van der Waals surface area contributed by atoms with Crippen LogP contribution >= 0.6 is 0 Å². The van der Waals surface area contributed by atoms with E-state index in [-0.39, 0.29) is 11.8 Å².